The maximum Gasteiger partial charge on any atom is 0.317 e. The number of amides is 1. The topological polar surface area (TPSA) is 82.3 Å². The van der Waals surface area contributed by atoms with E-state index in [1.54, 1.807) is 36.4 Å². The number of hydrogen-bond donors (Lipinski definition) is 1. The number of fused-ring (bicyclic) bond motifs is 1. The van der Waals surface area contributed by atoms with Crippen molar-refractivity contribution in [2.24, 2.45) is 0 Å². The molecule has 31 heavy (non-hydrogen) atoms. The van der Waals surface area contributed by atoms with Crippen LogP contribution in [0.25, 0.3) is 11.0 Å². The van der Waals surface area contributed by atoms with Crippen LogP contribution in [0.4, 0.5) is 0 Å². The third kappa shape index (κ3) is 5.83. The van der Waals surface area contributed by atoms with Gasteiger partial charge in [0, 0.05) is 18.2 Å². The molecule has 0 aliphatic heterocycles. The number of halogens is 1. The first-order chi connectivity index (χ1) is 14.9. The average Bonchev–Trinajstić information content (AvgIpc) is 2.75. The van der Waals surface area contributed by atoms with E-state index in [0.717, 1.165) is 5.56 Å². The first kappa shape index (κ1) is 22.8. The second-order valence-corrected chi connectivity index (χ2v) is 7.96. The van der Waals surface area contributed by atoms with Crippen LogP contribution >= 0.6 is 11.6 Å². The molecule has 1 N–H and O–H groups in total. The second kappa shape index (κ2) is 10.4. The number of aromatic nitrogens is 2. The molecule has 1 heterocycles. The smallest absolute Gasteiger partial charge is 0.317 e. The predicted molar refractivity (Wildman–Crippen MR) is 122 cm³/mol. The van der Waals surface area contributed by atoms with Gasteiger partial charge in [-0.3, -0.25) is 23.5 Å². The summed E-state index contributed by atoms with van der Waals surface area (Å²) < 4.78 is 8.11. The van der Waals surface area contributed by atoms with Gasteiger partial charge in [-0.1, -0.05) is 35.9 Å². The Morgan fingerprint density at radius 3 is 2.26 bits per heavy atom. The van der Waals surface area contributed by atoms with Crippen molar-refractivity contribution in [3.8, 4) is 0 Å². The van der Waals surface area contributed by atoms with Crippen LogP contribution < -0.4 is 16.4 Å². The summed E-state index contributed by atoms with van der Waals surface area (Å²) in [7, 11) is 0. The van der Waals surface area contributed by atoms with Crippen molar-refractivity contribution >= 4 is 28.5 Å². The van der Waals surface area contributed by atoms with Crippen LogP contribution in [0.1, 0.15) is 25.8 Å². The molecule has 0 aliphatic rings. The van der Waals surface area contributed by atoms with Crippen LogP contribution in [0.3, 0.4) is 0 Å². The molecule has 164 valence electrons. The minimum absolute atomic E-state index is 0.139. The van der Waals surface area contributed by atoms with E-state index in [4.69, 9.17) is 16.3 Å². The molecule has 0 bridgehead atoms. The predicted octanol–water partition coefficient (Wildman–Crippen LogP) is 2.80. The molecule has 3 rings (SSSR count). The van der Waals surface area contributed by atoms with E-state index in [0.29, 0.717) is 35.6 Å². The number of rotatable bonds is 9. The van der Waals surface area contributed by atoms with E-state index in [2.05, 4.69) is 5.32 Å². The fourth-order valence-electron chi connectivity index (χ4n) is 3.28. The van der Waals surface area contributed by atoms with Crippen molar-refractivity contribution in [1.82, 2.24) is 14.5 Å². The van der Waals surface area contributed by atoms with Gasteiger partial charge >= 0.3 is 11.1 Å². The fourth-order valence-corrected chi connectivity index (χ4v) is 3.40. The van der Waals surface area contributed by atoms with Gasteiger partial charge in [-0.15, -0.1) is 0 Å². The molecule has 0 fully saturated rings. The molecular weight excluding hydrogens is 418 g/mol. The summed E-state index contributed by atoms with van der Waals surface area (Å²) in [6, 6.07) is 14.2. The van der Waals surface area contributed by atoms with Gasteiger partial charge in [-0.2, -0.15) is 0 Å². The first-order valence-electron chi connectivity index (χ1n) is 10.2. The lowest BCUT2D eigenvalue weighted by Gasteiger charge is -2.15. The van der Waals surface area contributed by atoms with Crippen LogP contribution in [0.5, 0.6) is 0 Å². The van der Waals surface area contributed by atoms with E-state index in [9.17, 15) is 14.4 Å². The normalized spacial score (nSPS) is 11.2. The van der Waals surface area contributed by atoms with Gasteiger partial charge in [0.15, 0.2) is 0 Å². The zero-order chi connectivity index (χ0) is 22.4. The van der Waals surface area contributed by atoms with E-state index >= 15 is 0 Å². The van der Waals surface area contributed by atoms with E-state index in [-0.39, 0.29) is 25.1 Å². The summed E-state index contributed by atoms with van der Waals surface area (Å²) in [5, 5.41) is 3.37. The molecule has 0 radical (unpaired) electrons. The van der Waals surface area contributed by atoms with Crippen molar-refractivity contribution < 1.29 is 9.53 Å². The molecule has 0 aliphatic carbocycles. The molecule has 1 aromatic heterocycles. The highest BCUT2D eigenvalue weighted by Crippen LogP contribution is 2.14. The highest BCUT2D eigenvalue weighted by molar-refractivity contribution is 6.30. The molecule has 2 aromatic carbocycles. The summed E-state index contributed by atoms with van der Waals surface area (Å²) in [5.41, 5.74) is 0.549. The number of carbonyl (C=O) groups excluding carboxylic acids is 1. The minimum atomic E-state index is -0.731. The maximum atomic E-state index is 12.9. The Bertz CT molecular complexity index is 1170. The number of nitrogens with zero attached hydrogens (tertiary/aromatic N) is 2. The zero-order valence-electron chi connectivity index (χ0n) is 17.6. The lowest BCUT2D eigenvalue weighted by Crippen LogP contribution is -2.44. The van der Waals surface area contributed by atoms with Crippen molar-refractivity contribution in [2.75, 3.05) is 13.2 Å². The van der Waals surface area contributed by atoms with Gasteiger partial charge in [0.05, 0.1) is 23.7 Å². The van der Waals surface area contributed by atoms with Gasteiger partial charge in [-0.25, -0.2) is 0 Å². The second-order valence-electron chi connectivity index (χ2n) is 7.52. The van der Waals surface area contributed by atoms with Crippen LogP contribution in [-0.4, -0.2) is 34.3 Å². The number of carbonyl (C=O) groups is 1. The number of ether oxygens (including phenoxy) is 1. The average molecular weight is 444 g/mol. The van der Waals surface area contributed by atoms with Crippen molar-refractivity contribution in [1.29, 1.82) is 0 Å². The van der Waals surface area contributed by atoms with Crippen molar-refractivity contribution in [2.45, 2.75) is 39.5 Å². The van der Waals surface area contributed by atoms with E-state index in [1.165, 1.54) is 9.13 Å². The number of para-hydroxylation sites is 2. The largest absolute Gasteiger partial charge is 0.379 e. The Labute approximate surface area is 185 Å². The summed E-state index contributed by atoms with van der Waals surface area (Å²) in [6.07, 6.45) is 0.808. The lowest BCUT2D eigenvalue weighted by atomic mass is 10.2. The van der Waals surface area contributed by atoms with Crippen molar-refractivity contribution in [3.05, 3.63) is 79.8 Å². The van der Waals surface area contributed by atoms with Gasteiger partial charge in [0.2, 0.25) is 5.91 Å². The van der Waals surface area contributed by atoms with Gasteiger partial charge in [0.25, 0.3) is 0 Å². The Kier molecular flexibility index (Phi) is 7.65. The molecule has 0 unspecified atom stereocenters. The highest BCUT2D eigenvalue weighted by atomic mass is 35.5. The monoisotopic (exact) mass is 443 g/mol. The standard InChI is InChI=1S/C23H26ClN3O4/c1-16(2)31-13-5-12-25-21(28)15-27-20-7-4-3-6-19(20)26(22(29)23(27)30)14-17-8-10-18(24)11-9-17/h3-4,6-11,16H,5,12-15H2,1-2H3,(H,25,28). The summed E-state index contributed by atoms with van der Waals surface area (Å²) in [6.45, 7) is 4.89. The first-order valence-corrected chi connectivity index (χ1v) is 10.6. The molecule has 3 aromatic rings. The lowest BCUT2D eigenvalue weighted by molar-refractivity contribution is -0.121. The fraction of sp³-hybridized carbons (Fsp3) is 0.348. The summed E-state index contributed by atoms with van der Waals surface area (Å²) in [5.74, 6) is -0.327. The molecule has 0 saturated heterocycles. The Morgan fingerprint density at radius 1 is 1.00 bits per heavy atom. The van der Waals surface area contributed by atoms with Gasteiger partial charge in [-0.05, 0) is 50.1 Å². The number of hydrogen-bond acceptors (Lipinski definition) is 4. The molecule has 1 amide bonds. The number of benzene rings is 2. The van der Waals surface area contributed by atoms with Crippen LogP contribution in [0.15, 0.2) is 58.1 Å². The molecule has 8 heteroatoms. The Hall–Kier alpha value is -2.90. The van der Waals surface area contributed by atoms with Crippen LogP contribution in [0.2, 0.25) is 5.02 Å². The van der Waals surface area contributed by atoms with E-state index < -0.39 is 11.1 Å². The highest BCUT2D eigenvalue weighted by Gasteiger charge is 2.15. The third-order valence-electron chi connectivity index (χ3n) is 4.79. The third-order valence-corrected chi connectivity index (χ3v) is 5.04. The van der Waals surface area contributed by atoms with Gasteiger partial charge in [0.1, 0.15) is 6.54 Å². The van der Waals surface area contributed by atoms with E-state index in [1.807, 2.05) is 26.0 Å². The molecular formula is C23H26ClN3O4. The zero-order valence-corrected chi connectivity index (χ0v) is 18.4. The quantitative estimate of drug-likeness (QED) is 0.407. The summed E-state index contributed by atoms with van der Waals surface area (Å²) in [4.78, 5) is 38.1. The van der Waals surface area contributed by atoms with Crippen molar-refractivity contribution in [3.63, 3.8) is 0 Å². The van der Waals surface area contributed by atoms with Crippen LogP contribution in [-0.2, 0) is 22.6 Å². The minimum Gasteiger partial charge on any atom is -0.379 e. The SMILES string of the molecule is CC(C)OCCCNC(=O)Cn1c(=O)c(=O)n(Cc2ccc(Cl)cc2)c2ccccc21. The summed E-state index contributed by atoms with van der Waals surface area (Å²) >= 11 is 5.94. The Morgan fingerprint density at radius 2 is 1.61 bits per heavy atom. The van der Waals surface area contributed by atoms with Crippen LogP contribution in [0, 0.1) is 0 Å². The molecule has 7 nitrogen and oxygen atoms in total. The molecule has 0 spiro atoms. The Balaban J connectivity index is 1.84. The molecule has 0 atom stereocenters. The van der Waals surface area contributed by atoms with Gasteiger partial charge < -0.3 is 10.1 Å². The molecule has 0 saturated carbocycles. The maximum absolute atomic E-state index is 12.9. The number of nitrogens with one attached hydrogen (secondary N) is 1.